The standard InChI is InChI=1S/C28H31Cl2N3O5S/c1-19(2)31-28(35)20(3)32(17-21-10-11-22(29)16-26(21)30)27(34)18-33(23-8-6-5-7-9-23)39(36,37)25-14-12-24(38-4)13-15-25/h5-16,19-20H,17-18H2,1-4H3,(H,31,35)/t20-/m0/s1. The van der Waals surface area contributed by atoms with Crippen LogP contribution in [-0.4, -0.2) is 50.9 Å². The Bertz CT molecular complexity index is 1400. The number of hydrogen-bond acceptors (Lipinski definition) is 5. The Kier molecular flexibility index (Phi) is 10.2. The monoisotopic (exact) mass is 591 g/mol. The molecule has 0 heterocycles. The molecule has 2 amide bonds. The first kappa shape index (κ1) is 30.3. The van der Waals surface area contributed by atoms with Crippen molar-refractivity contribution in [2.75, 3.05) is 18.0 Å². The van der Waals surface area contributed by atoms with Gasteiger partial charge < -0.3 is 15.0 Å². The van der Waals surface area contributed by atoms with Gasteiger partial charge >= 0.3 is 0 Å². The number of sulfonamides is 1. The van der Waals surface area contributed by atoms with E-state index in [0.717, 1.165) is 4.31 Å². The van der Waals surface area contributed by atoms with Crippen LogP contribution in [0.25, 0.3) is 0 Å². The van der Waals surface area contributed by atoms with E-state index < -0.39 is 28.5 Å². The van der Waals surface area contributed by atoms with E-state index in [9.17, 15) is 18.0 Å². The van der Waals surface area contributed by atoms with Crippen molar-refractivity contribution in [2.45, 2.75) is 44.3 Å². The van der Waals surface area contributed by atoms with E-state index in [4.69, 9.17) is 27.9 Å². The van der Waals surface area contributed by atoms with Gasteiger partial charge in [0.2, 0.25) is 11.8 Å². The Morgan fingerprint density at radius 1 is 0.949 bits per heavy atom. The zero-order chi connectivity index (χ0) is 28.7. The number of halogens is 2. The molecular weight excluding hydrogens is 561 g/mol. The van der Waals surface area contributed by atoms with E-state index in [1.54, 1.807) is 55.5 Å². The topological polar surface area (TPSA) is 96.0 Å². The summed E-state index contributed by atoms with van der Waals surface area (Å²) in [6.07, 6.45) is 0. The molecule has 0 aliphatic heterocycles. The predicted molar refractivity (Wildman–Crippen MR) is 154 cm³/mol. The van der Waals surface area contributed by atoms with Gasteiger partial charge in [0.1, 0.15) is 18.3 Å². The lowest BCUT2D eigenvalue weighted by atomic mass is 10.1. The van der Waals surface area contributed by atoms with Crippen molar-refractivity contribution in [3.63, 3.8) is 0 Å². The van der Waals surface area contributed by atoms with E-state index in [-0.39, 0.29) is 23.4 Å². The largest absolute Gasteiger partial charge is 0.497 e. The molecule has 1 atom stereocenters. The Balaban J connectivity index is 2.02. The minimum absolute atomic E-state index is 0.0159. The van der Waals surface area contributed by atoms with Crippen molar-refractivity contribution < 1.29 is 22.7 Å². The number of nitrogens with zero attached hydrogens (tertiary/aromatic N) is 2. The molecule has 1 N–H and O–H groups in total. The Morgan fingerprint density at radius 2 is 1.59 bits per heavy atom. The molecule has 0 saturated heterocycles. The third-order valence-electron chi connectivity index (χ3n) is 5.92. The summed E-state index contributed by atoms with van der Waals surface area (Å²) < 4.78 is 33.8. The fourth-order valence-corrected chi connectivity index (χ4v) is 5.70. The molecule has 0 aliphatic carbocycles. The number of anilines is 1. The lowest BCUT2D eigenvalue weighted by molar-refractivity contribution is -0.139. The normalized spacial score (nSPS) is 12.1. The Hall–Kier alpha value is -3.27. The predicted octanol–water partition coefficient (Wildman–Crippen LogP) is 5.14. The quantitative estimate of drug-likeness (QED) is 0.333. The van der Waals surface area contributed by atoms with Gasteiger partial charge in [0.05, 0.1) is 17.7 Å². The summed E-state index contributed by atoms with van der Waals surface area (Å²) in [5.41, 5.74) is 0.855. The molecule has 0 spiro atoms. The number of ether oxygens (including phenoxy) is 1. The Labute approximate surface area is 239 Å². The van der Waals surface area contributed by atoms with Crippen molar-refractivity contribution in [1.29, 1.82) is 0 Å². The number of carbonyl (C=O) groups excluding carboxylic acids is 2. The molecule has 11 heteroatoms. The Morgan fingerprint density at radius 3 is 2.15 bits per heavy atom. The molecule has 39 heavy (non-hydrogen) atoms. The van der Waals surface area contributed by atoms with Crippen LogP contribution in [0.5, 0.6) is 5.75 Å². The van der Waals surface area contributed by atoms with E-state index in [1.165, 1.54) is 36.3 Å². The lowest BCUT2D eigenvalue weighted by Crippen LogP contribution is -2.52. The maximum atomic E-state index is 13.9. The smallest absolute Gasteiger partial charge is 0.264 e. The van der Waals surface area contributed by atoms with Gasteiger partial charge in [-0.15, -0.1) is 0 Å². The van der Waals surface area contributed by atoms with Gasteiger partial charge in [-0.3, -0.25) is 13.9 Å². The second kappa shape index (κ2) is 13.2. The molecule has 0 aromatic heterocycles. The highest BCUT2D eigenvalue weighted by Gasteiger charge is 2.33. The van der Waals surface area contributed by atoms with Crippen LogP contribution in [-0.2, 0) is 26.2 Å². The average Bonchev–Trinajstić information content (AvgIpc) is 2.90. The van der Waals surface area contributed by atoms with E-state index in [0.29, 0.717) is 27.0 Å². The van der Waals surface area contributed by atoms with Crippen LogP contribution in [0.1, 0.15) is 26.3 Å². The molecule has 3 aromatic carbocycles. The molecule has 3 rings (SSSR count). The minimum atomic E-state index is -4.17. The number of rotatable bonds is 11. The molecule has 0 bridgehead atoms. The highest BCUT2D eigenvalue weighted by molar-refractivity contribution is 7.92. The molecule has 0 unspecified atom stereocenters. The van der Waals surface area contributed by atoms with Gasteiger partial charge in [0.15, 0.2) is 0 Å². The van der Waals surface area contributed by atoms with E-state index >= 15 is 0 Å². The molecule has 0 saturated carbocycles. The second-order valence-corrected chi connectivity index (χ2v) is 11.8. The summed E-state index contributed by atoms with van der Waals surface area (Å²) in [7, 11) is -2.69. The van der Waals surface area contributed by atoms with Gasteiger partial charge in [0, 0.05) is 22.6 Å². The van der Waals surface area contributed by atoms with Gasteiger partial charge in [-0.1, -0.05) is 47.5 Å². The number of methoxy groups -OCH3 is 1. The van der Waals surface area contributed by atoms with E-state index in [1.807, 2.05) is 13.8 Å². The maximum absolute atomic E-state index is 13.9. The number of hydrogen-bond donors (Lipinski definition) is 1. The molecule has 3 aromatic rings. The molecule has 0 radical (unpaired) electrons. The summed E-state index contributed by atoms with van der Waals surface area (Å²) >= 11 is 12.4. The van der Waals surface area contributed by atoms with Crippen molar-refractivity contribution in [3.8, 4) is 5.75 Å². The molecule has 0 aliphatic rings. The van der Waals surface area contributed by atoms with Crippen LogP contribution in [0.15, 0.2) is 77.7 Å². The maximum Gasteiger partial charge on any atom is 0.264 e. The summed E-state index contributed by atoms with van der Waals surface area (Å²) in [5, 5.41) is 3.55. The third kappa shape index (κ3) is 7.65. The third-order valence-corrected chi connectivity index (χ3v) is 8.30. The lowest BCUT2D eigenvalue weighted by Gasteiger charge is -2.32. The number of nitrogens with one attached hydrogen (secondary N) is 1. The summed E-state index contributed by atoms with van der Waals surface area (Å²) in [6.45, 7) is 4.62. The number of amides is 2. The highest BCUT2D eigenvalue weighted by Crippen LogP contribution is 2.27. The second-order valence-electron chi connectivity index (χ2n) is 9.12. The number of carbonyl (C=O) groups is 2. The van der Waals surface area contributed by atoms with Crippen LogP contribution in [0.4, 0.5) is 5.69 Å². The van der Waals surface area contributed by atoms with Gasteiger partial charge in [-0.2, -0.15) is 0 Å². The van der Waals surface area contributed by atoms with Crippen LogP contribution in [0.2, 0.25) is 10.0 Å². The average molecular weight is 593 g/mol. The van der Waals surface area contributed by atoms with Gasteiger partial charge in [0.25, 0.3) is 10.0 Å². The first-order chi connectivity index (χ1) is 18.4. The van der Waals surface area contributed by atoms with E-state index in [2.05, 4.69) is 5.32 Å². The number of benzene rings is 3. The zero-order valence-corrected chi connectivity index (χ0v) is 24.4. The molecule has 8 nitrogen and oxygen atoms in total. The van der Waals surface area contributed by atoms with Crippen molar-refractivity contribution in [2.24, 2.45) is 0 Å². The first-order valence-corrected chi connectivity index (χ1v) is 14.4. The molecule has 0 fully saturated rings. The fraction of sp³-hybridized carbons (Fsp3) is 0.286. The molecule has 208 valence electrons. The fourth-order valence-electron chi connectivity index (χ4n) is 3.82. The van der Waals surface area contributed by atoms with Crippen LogP contribution in [0.3, 0.4) is 0 Å². The van der Waals surface area contributed by atoms with Crippen molar-refractivity contribution in [3.05, 3.63) is 88.4 Å². The SMILES string of the molecule is COc1ccc(S(=O)(=O)N(CC(=O)N(Cc2ccc(Cl)cc2Cl)[C@@H](C)C(=O)NC(C)C)c2ccccc2)cc1. The summed E-state index contributed by atoms with van der Waals surface area (Å²) in [5.74, 6) is -0.478. The zero-order valence-electron chi connectivity index (χ0n) is 22.1. The highest BCUT2D eigenvalue weighted by atomic mass is 35.5. The minimum Gasteiger partial charge on any atom is -0.497 e. The van der Waals surface area contributed by atoms with Gasteiger partial charge in [-0.25, -0.2) is 8.42 Å². The van der Waals surface area contributed by atoms with Gasteiger partial charge in [-0.05, 0) is 74.9 Å². The van der Waals surface area contributed by atoms with Crippen LogP contribution >= 0.6 is 23.2 Å². The van der Waals surface area contributed by atoms with Crippen LogP contribution in [0, 0.1) is 0 Å². The van der Waals surface area contributed by atoms with Crippen molar-refractivity contribution >= 4 is 50.7 Å². The molecular formula is C28H31Cl2N3O5S. The summed E-state index contributed by atoms with van der Waals surface area (Å²) in [4.78, 5) is 28.1. The summed E-state index contributed by atoms with van der Waals surface area (Å²) in [6, 6.07) is 18.0. The first-order valence-electron chi connectivity index (χ1n) is 12.2. The number of para-hydroxylation sites is 1. The van der Waals surface area contributed by atoms with Crippen molar-refractivity contribution in [1.82, 2.24) is 10.2 Å². The van der Waals surface area contributed by atoms with Crippen LogP contribution < -0.4 is 14.4 Å².